The number of benzene rings is 1. The Morgan fingerprint density at radius 1 is 1.00 bits per heavy atom. The van der Waals surface area contributed by atoms with Gasteiger partial charge in [0.1, 0.15) is 5.82 Å². The maximum absolute atomic E-state index is 13.8. The maximum atomic E-state index is 13.8. The molecule has 4 heteroatoms. The van der Waals surface area contributed by atoms with Gasteiger partial charge in [-0.3, -0.25) is 0 Å². The minimum atomic E-state index is -4.63. The average molecular weight is 368 g/mol. The summed E-state index contributed by atoms with van der Waals surface area (Å²) < 4.78 is 51.9. The van der Waals surface area contributed by atoms with Crippen molar-refractivity contribution in [3.63, 3.8) is 0 Å². The molecule has 2 aliphatic carbocycles. The number of hydrogen-bond acceptors (Lipinski definition) is 0. The van der Waals surface area contributed by atoms with Gasteiger partial charge in [-0.15, -0.1) is 0 Å². The summed E-state index contributed by atoms with van der Waals surface area (Å²) in [5, 5.41) is 0. The topological polar surface area (TPSA) is 0 Å². The van der Waals surface area contributed by atoms with Crippen LogP contribution >= 0.6 is 0 Å². The lowest BCUT2D eigenvalue weighted by Gasteiger charge is -2.35. The minimum Gasteiger partial charge on any atom is -0.206 e. The molecular weight excluding hydrogens is 340 g/mol. The van der Waals surface area contributed by atoms with Gasteiger partial charge in [-0.05, 0) is 73.1 Å². The molecule has 26 heavy (non-hydrogen) atoms. The third-order valence-corrected chi connectivity index (χ3v) is 6.35. The van der Waals surface area contributed by atoms with Crippen molar-refractivity contribution in [3.8, 4) is 0 Å². The first-order chi connectivity index (χ1) is 12.4. The molecule has 1 aromatic carbocycles. The van der Waals surface area contributed by atoms with E-state index in [4.69, 9.17) is 0 Å². The van der Waals surface area contributed by atoms with Gasteiger partial charge in [0.25, 0.3) is 0 Å². The first-order valence-corrected chi connectivity index (χ1v) is 9.94. The van der Waals surface area contributed by atoms with Crippen molar-refractivity contribution >= 4 is 5.57 Å². The summed E-state index contributed by atoms with van der Waals surface area (Å²) in [4.78, 5) is 0. The van der Waals surface area contributed by atoms with Crippen LogP contribution in [-0.4, -0.2) is 0 Å². The van der Waals surface area contributed by atoms with Crippen LogP contribution in [0.15, 0.2) is 24.3 Å². The standard InChI is InChI=1S/C22H28F4/c1-2-3-15-4-6-16(7-5-15)17-8-10-18(11-9-17)19-12-13-20(21(23)14-19)22(24,25)26/h10,12-17H,2-9,11H2,1H3. The summed E-state index contributed by atoms with van der Waals surface area (Å²) in [5.74, 6) is 1.19. The van der Waals surface area contributed by atoms with E-state index in [9.17, 15) is 17.6 Å². The summed E-state index contributed by atoms with van der Waals surface area (Å²) in [6, 6.07) is 3.32. The summed E-state index contributed by atoms with van der Waals surface area (Å²) in [7, 11) is 0. The lowest BCUT2D eigenvalue weighted by molar-refractivity contribution is -0.140. The molecule has 1 saturated carbocycles. The Kier molecular flexibility index (Phi) is 6.09. The Morgan fingerprint density at radius 2 is 1.73 bits per heavy atom. The van der Waals surface area contributed by atoms with Gasteiger partial charge in [-0.1, -0.05) is 44.7 Å². The largest absolute Gasteiger partial charge is 0.419 e. The molecule has 0 spiro atoms. The number of hydrogen-bond donors (Lipinski definition) is 0. The Morgan fingerprint density at radius 3 is 2.27 bits per heavy atom. The number of halogens is 4. The second-order valence-corrected chi connectivity index (χ2v) is 8.03. The molecule has 1 unspecified atom stereocenters. The van der Waals surface area contributed by atoms with Gasteiger partial charge in [-0.2, -0.15) is 13.2 Å². The highest BCUT2D eigenvalue weighted by molar-refractivity contribution is 5.66. The summed E-state index contributed by atoms with van der Waals surface area (Å²) >= 11 is 0. The van der Waals surface area contributed by atoms with Crippen LogP contribution in [0.5, 0.6) is 0 Å². The maximum Gasteiger partial charge on any atom is 0.419 e. The van der Waals surface area contributed by atoms with E-state index in [0.29, 0.717) is 11.5 Å². The molecule has 0 aromatic heterocycles. The molecule has 1 atom stereocenters. The predicted octanol–water partition coefficient (Wildman–Crippen LogP) is 7.63. The van der Waals surface area contributed by atoms with Gasteiger partial charge < -0.3 is 0 Å². The molecule has 1 fully saturated rings. The molecule has 2 aliphatic rings. The van der Waals surface area contributed by atoms with Crippen LogP contribution < -0.4 is 0 Å². The van der Waals surface area contributed by atoms with Crippen molar-refractivity contribution in [1.29, 1.82) is 0 Å². The van der Waals surface area contributed by atoms with Crippen LogP contribution in [0.25, 0.3) is 5.57 Å². The Labute approximate surface area is 153 Å². The third kappa shape index (κ3) is 4.50. The summed E-state index contributed by atoms with van der Waals surface area (Å²) in [6.07, 6.45) is 8.31. The van der Waals surface area contributed by atoms with E-state index in [-0.39, 0.29) is 0 Å². The molecule has 0 saturated heterocycles. The van der Waals surface area contributed by atoms with E-state index in [2.05, 4.69) is 13.0 Å². The fourth-order valence-electron chi connectivity index (χ4n) is 4.85. The van der Waals surface area contributed by atoms with Crippen LogP contribution in [0, 0.1) is 23.6 Å². The monoisotopic (exact) mass is 368 g/mol. The molecule has 0 aliphatic heterocycles. The zero-order chi connectivity index (χ0) is 18.7. The lowest BCUT2D eigenvalue weighted by Crippen LogP contribution is -2.23. The number of allylic oxidation sites excluding steroid dienone is 2. The molecular formula is C22H28F4. The summed E-state index contributed by atoms with van der Waals surface area (Å²) in [5.41, 5.74) is 0.411. The van der Waals surface area contributed by atoms with E-state index in [1.54, 1.807) is 0 Å². The first-order valence-electron chi connectivity index (χ1n) is 9.94. The second-order valence-electron chi connectivity index (χ2n) is 8.03. The molecule has 0 radical (unpaired) electrons. The number of alkyl halides is 3. The van der Waals surface area contributed by atoms with Crippen molar-refractivity contribution in [2.45, 2.75) is 70.9 Å². The molecule has 3 rings (SSSR count). The van der Waals surface area contributed by atoms with Crippen LogP contribution in [-0.2, 0) is 6.18 Å². The highest BCUT2D eigenvalue weighted by Crippen LogP contribution is 2.42. The third-order valence-electron chi connectivity index (χ3n) is 6.35. The van der Waals surface area contributed by atoms with Crippen molar-refractivity contribution in [2.24, 2.45) is 17.8 Å². The molecule has 1 aromatic rings. The van der Waals surface area contributed by atoms with Gasteiger partial charge in [0.15, 0.2) is 0 Å². The molecule has 144 valence electrons. The van der Waals surface area contributed by atoms with Gasteiger partial charge >= 0.3 is 6.18 Å². The van der Waals surface area contributed by atoms with E-state index in [1.165, 1.54) is 44.6 Å². The fraction of sp³-hybridized carbons (Fsp3) is 0.636. The van der Waals surface area contributed by atoms with Crippen LogP contribution in [0.2, 0.25) is 0 Å². The van der Waals surface area contributed by atoms with Gasteiger partial charge in [0.05, 0.1) is 5.56 Å². The van der Waals surface area contributed by atoms with Gasteiger partial charge in [-0.25, -0.2) is 4.39 Å². The van der Waals surface area contributed by atoms with Crippen molar-refractivity contribution in [1.82, 2.24) is 0 Å². The Balaban J connectivity index is 1.61. The fourth-order valence-corrected chi connectivity index (χ4v) is 4.85. The van der Waals surface area contributed by atoms with Crippen LogP contribution in [0.3, 0.4) is 0 Å². The van der Waals surface area contributed by atoms with Crippen molar-refractivity contribution in [3.05, 3.63) is 41.2 Å². The number of rotatable bonds is 4. The van der Waals surface area contributed by atoms with E-state index in [1.807, 2.05) is 0 Å². The molecule has 0 bridgehead atoms. The predicted molar refractivity (Wildman–Crippen MR) is 97.1 cm³/mol. The van der Waals surface area contributed by atoms with E-state index in [0.717, 1.165) is 48.8 Å². The minimum absolute atomic E-state index is 0.598. The smallest absolute Gasteiger partial charge is 0.206 e. The summed E-state index contributed by atoms with van der Waals surface area (Å²) in [6.45, 7) is 2.25. The lowest BCUT2D eigenvalue weighted by atomic mass is 9.70. The van der Waals surface area contributed by atoms with Crippen LogP contribution in [0.4, 0.5) is 17.6 Å². The molecule has 0 nitrogen and oxygen atoms in total. The average Bonchev–Trinajstić information content (AvgIpc) is 2.62. The van der Waals surface area contributed by atoms with E-state index >= 15 is 0 Å². The molecule has 0 heterocycles. The highest BCUT2D eigenvalue weighted by atomic mass is 19.4. The Hall–Kier alpha value is -1.32. The zero-order valence-corrected chi connectivity index (χ0v) is 15.4. The van der Waals surface area contributed by atoms with Crippen LogP contribution in [0.1, 0.15) is 75.8 Å². The first kappa shape index (κ1) is 19.4. The van der Waals surface area contributed by atoms with Gasteiger partial charge in [0.2, 0.25) is 0 Å². The SMILES string of the molecule is CCCC1CCC(C2CC=C(c3ccc(C(F)(F)F)c(F)c3)CC2)CC1. The molecule has 0 amide bonds. The zero-order valence-electron chi connectivity index (χ0n) is 15.4. The molecule has 0 N–H and O–H groups in total. The second kappa shape index (κ2) is 8.14. The van der Waals surface area contributed by atoms with Gasteiger partial charge in [0, 0.05) is 0 Å². The quantitative estimate of drug-likeness (QED) is 0.479. The van der Waals surface area contributed by atoms with Crippen molar-refractivity contribution in [2.75, 3.05) is 0 Å². The highest BCUT2D eigenvalue weighted by Gasteiger charge is 2.34. The van der Waals surface area contributed by atoms with E-state index < -0.39 is 17.6 Å². The Bertz CT molecular complexity index is 636. The normalized spacial score (nSPS) is 27.3. The van der Waals surface area contributed by atoms with Crippen molar-refractivity contribution < 1.29 is 17.6 Å².